The topological polar surface area (TPSA) is 53.3 Å². The molecule has 4 nitrogen and oxygen atoms in total. The van der Waals surface area contributed by atoms with Gasteiger partial charge >= 0.3 is 0 Å². The third-order valence-electron chi connectivity index (χ3n) is 3.89. The van der Waals surface area contributed by atoms with E-state index in [0.717, 1.165) is 29.8 Å². The Morgan fingerprint density at radius 2 is 1.68 bits per heavy atom. The minimum Gasteiger partial charge on any atom is -0.494 e. The standard InChI is InChI=1S/C21H24N2O2/c1-3-13-23(16-19-7-5-18(15-22)6-8-19)21(24)14-17-9-11-20(12-10-17)25-4-2/h5-12H,3-4,13-14,16H2,1-2H3. The zero-order chi connectivity index (χ0) is 18.1. The summed E-state index contributed by atoms with van der Waals surface area (Å²) in [6.45, 7) is 5.93. The fraction of sp³-hybridized carbons (Fsp3) is 0.333. The summed E-state index contributed by atoms with van der Waals surface area (Å²) in [4.78, 5) is 14.6. The highest BCUT2D eigenvalue weighted by atomic mass is 16.5. The van der Waals surface area contributed by atoms with Gasteiger partial charge in [-0.15, -0.1) is 0 Å². The molecular weight excluding hydrogens is 312 g/mol. The summed E-state index contributed by atoms with van der Waals surface area (Å²) in [5.74, 6) is 0.928. The highest BCUT2D eigenvalue weighted by Gasteiger charge is 2.14. The van der Waals surface area contributed by atoms with Crippen molar-refractivity contribution < 1.29 is 9.53 Å². The Kier molecular flexibility index (Phi) is 7.03. The smallest absolute Gasteiger partial charge is 0.227 e. The van der Waals surface area contributed by atoms with Crippen LogP contribution in [0.2, 0.25) is 0 Å². The second-order valence-electron chi connectivity index (χ2n) is 5.88. The summed E-state index contributed by atoms with van der Waals surface area (Å²) < 4.78 is 5.43. The number of hydrogen-bond donors (Lipinski definition) is 0. The van der Waals surface area contributed by atoms with Crippen molar-refractivity contribution in [2.24, 2.45) is 0 Å². The first-order chi connectivity index (χ1) is 12.2. The van der Waals surface area contributed by atoms with Crippen molar-refractivity contribution in [2.75, 3.05) is 13.2 Å². The molecule has 130 valence electrons. The first-order valence-electron chi connectivity index (χ1n) is 8.64. The van der Waals surface area contributed by atoms with Crippen LogP contribution in [-0.4, -0.2) is 24.0 Å². The molecule has 0 N–H and O–H groups in total. The number of benzene rings is 2. The number of nitriles is 1. The van der Waals surface area contributed by atoms with Gasteiger partial charge in [0.05, 0.1) is 24.7 Å². The van der Waals surface area contributed by atoms with Crippen molar-refractivity contribution >= 4 is 5.91 Å². The van der Waals surface area contributed by atoms with E-state index in [4.69, 9.17) is 10.00 Å². The zero-order valence-electron chi connectivity index (χ0n) is 14.9. The molecule has 1 amide bonds. The molecule has 0 aromatic heterocycles. The third-order valence-corrected chi connectivity index (χ3v) is 3.89. The lowest BCUT2D eigenvalue weighted by molar-refractivity contribution is -0.131. The van der Waals surface area contributed by atoms with Crippen molar-refractivity contribution in [1.29, 1.82) is 5.26 Å². The number of hydrogen-bond acceptors (Lipinski definition) is 3. The van der Waals surface area contributed by atoms with Gasteiger partial charge in [-0.1, -0.05) is 31.2 Å². The number of ether oxygens (including phenoxy) is 1. The monoisotopic (exact) mass is 336 g/mol. The fourth-order valence-electron chi connectivity index (χ4n) is 2.62. The molecule has 0 aliphatic carbocycles. The molecule has 0 radical (unpaired) electrons. The Labute approximate surface area is 149 Å². The maximum Gasteiger partial charge on any atom is 0.227 e. The fourth-order valence-corrected chi connectivity index (χ4v) is 2.62. The normalized spacial score (nSPS) is 10.1. The first kappa shape index (κ1) is 18.5. The van der Waals surface area contributed by atoms with E-state index in [0.29, 0.717) is 25.1 Å². The Hall–Kier alpha value is -2.80. The highest BCUT2D eigenvalue weighted by molar-refractivity contribution is 5.78. The Balaban J connectivity index is 2.02. The van der Waals surface area contributed by atoms with Gasteiger partial charge < -0.3 is 9.64 Å². The molecule has 0 saturated heterocycles. The van der Waals surface area contributed by atoms with Gasteiger partial charge in [-0.2, -0.15) is 5.26 Å². The van der Waals surface area contributed by atoms with Crippen LogP contribution < -0.4 is 4.74 Å². The second-order valence-corrected chi connectivity index (χ2v) is 5.88. The van der Waals surface area contributed by atoms with Crippen LogP contribution in [0, 0.1) is 11.3 Å². The summed E-state index contributed by atoms with van der Waals surface area (Å²) in [5, 5.41) is 8.88. The van der Waals surface area contributed by atoms with E-state index in [1.165, 1.54) is 0 Å². The lowest BCUT2D eigenvalue weighted by Gasteiger charge is -2.22. The molecule has 0 heterocycles. The van der Waals surface area contributed by atoms with Crippen LogP contribution in [0.4, 0.5) is 0 Å². The van der Waals surface area contributed by atoms with E-state index in [2.05, 4.69) is 13.0 Å². The van der Waals surface area contributed by atoms with Crippen molar-refractivity contribution in [1.82, 2.24) is 4.90 Å². The minimum atomic E-state index is 0.107. The van der Waals surface area contributed by atoms with E-state index < -0.39 is 0 Å². The number of amides is 1. The van der Waals surface area contributed by atoms with E-state index in [-0.39, 0.29) is 5.91 Å². The molecule has 0 unspecified atom stereocenters. The van der Waals surface area contributed by atoms with Gasteiger partial charge in [0.2, 0.25) is 5.91 Å². The summed E-state index contributed by atoms with van der Waals surface area (Å²) >= 11 is 0. The Morgan fingerprint density at radius 3 is 2.24 bits per heavy atom. The highest BCUT2D eigenvalue weighted by Crippen LogP contribution is 2.14. The van der Waals surface area contributed by atoms with E-state index in [1.54, 1.807) is 12.1 Å². The van der Waals surface area contributed by atoms with Gasteiger partial charge in [0.25, 0.3) is 0 Å². The predicted molar refractivity (Wildman–Crippen MR) is 98.2 cm³/mol. The molecule has 0 fully saturated rings. The predicted octanol–water partition coefficient (Wildman–Crippen LogP) is 3.94. The average molecular weight is 336 g/mol. The summed E-state index contributed by atoms with van der Waals surface area (Å²) in [5.41, 5.74) is 2.65. The molecule has 25 heavy (non-hydrogen) atoms. The molecule has 0 aliphatic rings. The van der Waals surface area contributed by atoms with Crippen LogP contribution >= 0.6 is 0 Å². The number of rotatable bonds is 8. The van der Waals surface area contributed by atoms with Crippen LogP contribution in [0.1, 0.15) is 37.0 Å². The van der Waals surface area contributed by atoms with Gasteiger partial charge in [-0.3, -0.25) is 4.79 Å². The largest absolute Gasteiger partial charge is 0.494 e. The minimum absolute atomic E-state index is 0.107. The van der Waals surface area contributed by atoms with Crippen molar-refractivity contribution in [2.45, 2.75) is 33.2 Å². The first-order valence-corrected chi connectivity index (χ1v) is 8.64. The van der Waals surface area contributed by atoms with Gasteiger partial charge in [0, 0.05) is 13.1 Å². The maximum atomic E-state index is 12.7. The van der Waals surface area contributed by atoms with Gasteiger partial charge in [0.15, 0.2) is 0 Å². The molecule has 0 bridgehead atoms. The molecule has 0 atom stereocenters. The lowest BCUT2D eigenvalue weighted by atomic mass is 10.1. The zero-order valence-corrected chi connectivity index (χ0v) is 14.9. The molecular formula is C21H24N2O2. The SMILES string of the molecule is CCCN(Cc1ccc(C#N)cc1)C(=O)Cc1ccc(OCC)cc1. The molecule has 2 aromatic rings. The van der Waals surface area contributed by atoms with Crippen LogP contribution in [0.5, 0.6) is 5.75 Å². The molecule has 0 spiro atoms. The molecule has 4 heteroatoms. The number of carbonyl (C=O) groups excluding carboxylic acids is 1. The average Bonchev–Trinajstić information content (AvgIpc) is 2.64. The summed E-state index contributed by atoms with van der Waals surface area (Å²) in [6, 6.07) is 17.2. The second kappa shape index (κ2) is 9.48. The van der Waals surface area contributed by atoms with Crippen LogP contribution in [-0.2, 0) is 17.8 Å². The van der Waals surface area contributed by atoms with Crippen molar-refractivity contribution in [3.8, 4) is 11.8 Å². The lowest BCUT2D eigenvalue weighted by Crippen LogP contribution is -2.32. The van der Waals surface area contributed by atoms with Gasteiger partial charge in [0.1, 0.15) is 5.75 Å². The summed E-state index contributed by atoms with van der Waals surface area (Å²) in [7, 11) is 0. The number of carbonyl (C=O) groups is 1. The summed E-state index contributed by atoms with van der Waals surface area (Å²) in [6.07, 6.45) is 1.29. The van der Waals surface area contributed by atoms with Crippen LogP contribution in [0.15, 0.2) is 48.5 Å². The maximum absolute atomic E-state index is 12.7. The van der Waals surface area contributed by atoms with Crippen molar-refractivity contribution in [3.05, 3.63) is 65.2 Å². The molecule has 0 aliphatic heterocycles. The molecule has 0 saturated carbocycles. The van der Waals surface area contributed by atoms with Crippen LogP contribution in [0.25, 0.3) is 0 Å². The van der Waals surface area contributed by atoms with Gasteiger partial charge in [-0.25, -0.2) is 0 Å². The quantitative estimate of drug-likeness (QED) is 0.734. The van der Waals surface area contributed by atoms with Gasteiger partial charge in [-0.05, 0) is 48.7 Å². The molecule has 2 aromatic carbocycles. The van der Waals surface area contributed by atoms with E-state index in [9.17, 15) is 4.79 Å². The third kappa shape index (κ3) is 5.65. The molecule has 2 rings (SSSR count). The van der Waals surface area contributed by atoms with Crippen LogP contribution in [0.3, 0.4) is 0 Å². The number of nitrogens with zero attached hydrogens (tertiary/aromatic N) is 2. The Morgan fingerprint density at radius 1 is 1.04 bits per heavy atom. The van der Waals surface area contributed by atoms with Crippen molar-refractivity contribution in [3.63, 3.8) is 0 Å². The van der Waals surface area contributed by atoms with E-state index in [1.807, 2.05) is 48.2 Å². The Bertz CT molecular complexity index is 715. The van der Waals surface area contributed by atoms with E-state index >= 15 is 0 Å².